The van der Waals surface area contributed by atoms with E-state index in [0.717, 1.165) is 20.3 Å². The van der Waals surface area contributed by atoms with Gasteiger partial charge in [-0.3, -0.25) is 14.5 Å². The first-order valence-corrected chi connectivity index (χ1v) is 12.1. The monoisotopic (exact) mass is 534 g/mol. The highest BCUT2D eigenvalue weighted by Gasteiger charge is 2.48. The third-order valence-electron chi connectivity index (χ3n) is 5.73. The second-order valence-electron chi connectivity index (χ2n) is 7.92. The summed E-state index contributed by atoms with van der Waals surface area (Å²) >= 11 is 4.77. The molecule has 2 heterocycles. The van der Waals surface area contributed by atoms with Gasteiger partial charge in [-0.2, -0.15) is 0 Å². The normalized spacial score (nSPS) is 17.5. The van der Waals surface area contributed by atoms with Crippen LogP contribution in [0.5, 0.6) is 5.75 Å². The van der Waals surface area contributed by atoms with Crippen LogP contribution in [0, 0.1) is 6.92 Å². The first kappa shape index (κ1) is 22.3. The molecule has 1 N–H and O–H groups in total. The van der Waals surface area contributed by atoms with Gasteiger partial charge in [-0.15, -0.1) is 0 Å². The Morgan fingerprint density at radius 2 is 1.76 bits per heavy atom. The molecule has 5 rings (SSSR count). The first-order chi connectivity index (χ1) is 16.4. The Morgan fingerprint density at radius 1 is 1.06 bits per heavy atom. The molecular weight excluding hydrogens is 516 g/mol. The quantitative estimate of drug-likeness (QED) is 0.197. The number of hydrogen-bond donors (Lipinski definition) is 1. The number of aromatic nitrogens is 1. The first-order valence-electron chi connectivity index (χ1n) is 10.5. The van der Waals surface area contributed by atoms with E-state index in [1.807, 2.05) is 49.4 Å². The Labute approximate surface area is 208 Å². The topological polar surface area (TPSA) is 79.7 Å². The van der Waals surface area contributed by atoms with E-state index in [2.05, 4.69) is 20.9 Å². The lowest BCUT2D eigenvalue weighted by molar-refractivity contribution is -0.132. The van der Waals surface area contributed by atoms with Crippen LogP contribution < -0.4 is 9.64 Å². The molecular formula is C26H19BrN2O4S. The van der Waals surface area contributed by atoms with Crippen molar-refractivity contribution in [2.75, 3.05) is 12.0 Å². The van der Waals surface area contributed by atoms with Gasteiger partial charge in [0.25, 0.3) is 5.78 Å². The molecule has 1 amide bonds. The number of hydrogen-bond acceptors (Lipinski definition) is 6. The van der Waals surface area contributed by atoms with Gasteiger partial charge in [-0.05, 0) is 66.6 Å². The van der Waals surface area contributed by atoms with Gasteiger partial charge < -0.3 is 9.84 Å². The number of aliphatic hydroxyl groups is 1. The van der Waals surface area contributed by atoms with E-state index in [0.29, 0.717) is 22.0 Å². The highest BCUT2D eigenvalue weighted by molar-refractivity contribution is 9.10. The van der Waals surface area contributed by atoms with Crippen LogP contribution in [0.15, 0.2) is 76.8 Å². The third kappa shape index (κ3) is 3.78. The smallest absolute Gasteiger partial charge is 0.301 e. The molecule has 1 atom stereocenters. The second kappa shape index (κ2) is 8.70. The van der Waals surface area contributed by atoms with Crippen LogP contribution in [0.1, 0.15) is 22.7 Å². The van der Waals surface area contributed by atoms with Crippen molar-refractivity contribution in [1.29, 1.82) is 0 Å². The Bertz CT molecular complexity index is 1460. The van der Waals surface area contributed by atoms with Gasteiger partial charge in [0.05, 0.1) is 28.9 Å². The van der Waals surface area contributed by atoms with Crippen LogP contribution in [0.25, 0.3) is 16.0 Å². The molecule has 4 aromatic rings. The fraction of sp³-hybridized carbons (Fsp3) is 0.115. The zero-order chi connectivity index (χ0) is 24.0. The van der Waals surface area contributed by atoms with Gasteiger partial charge in [0.1, 0.15) is 11.5 Å². The summed E-state index contributed by atoms with van der Waals surface area (Å²) in [5, 5.41) is 11.6. The highest BCUT2D eigenvalue weighted by Crippen LogP contribution is 2.44. The molecule has 0 saturated carbocycles. The molecule has 1 aromatic heterocycles. The molecule has 1 saturated heterocycles. The van der Waals surface area contributed by atoms with Crippen molar-refractivity contribution in [3.63, 3.8) is 0 Å². The Kier molecular flexibility index (Phi) is 5.71. The molecule has 1 unspecified atom stereocenters. The van der Waals surface area contributed by atoms with E-state index >= 15 is 0 Å². The average Bonchev–Trinajstić information content (AvgIpc) is 3.37. The number of carbonyl (C=O) groups is 2. The lowest BCUT2D eigenvalue weighted by Crippen LogP contribution is -2.29. The maximum Gasteiger partial charge on any atom is 0.301 e. The number of ketones is 1. The van der Waals surface area contributed by atoms with Crippen LogP contribution in [0.4, 0.5) is 5.13 Å². The van der Waals surface area contributed by atoms with Crippen molar-refractivity contribution in [2.24, 2.45) is 0 Å². The maximum atomic E-state index is 13.3. The van der Waals surface area contributed by atoms with Crippen molar-refractivity contribution in [3.05, 3.63) is 93.5 Å². The number of benzene rings is 3. The molecule has 3 aromatic carbocycles. The number of fused-ring (bicyclic) bond motifs is 1. The fourth-order valence-corrected chi connectivity index (χ4v) is 5.37. The number of ether oxygens (including phenoxy) is 1. The minimum atomic E-state index is -0.822. The summed E-state index contributed by atoms with van der Waals surface area (Å²) in [7, 11) is 1.55. The second-order valence-corrected chi connectivity index (χ2v) is 9.84. The van der Waals surface area contributed by atoms with Crippen molar-refractivity contribution < 1.29 is 19.4 Å². The standard InChI is InChI=1S/C26H19BrN2O4S/c1-14-3-12-19-20(13-14)34-26(28-19)29-22(15-4-8-17(27)9-5-15)21(24(31)25(29)32)23(30)16-6-10-18(33-2)11-7-16/h3-13,22,30H,1-2H3/b23-21+. The number of Topliss-reactive ketones (excluding diaryl/α,β-unsaturated/α-hetero) is 1. The van der Waals surface area contributed by atoms with Gasteiger partial charge in [-0.1, -0.05) is 45.5 Å². The summed E-state index contributed by atoms with van der Waals surface area (Å²) in [5.41, 5.74) is 2.95. The average molecular weight is 535 g/mol. The number of thiazole rings is 1. The number of carbonyl (C=O) groups excluding carboxylic acids is 2. The summed E-state index contributed by atoms with van der Waals surface area (Å²) in [6, 6.07) is 19.0. The molecule has 6 nitrogen and oxygen atoms in total. The number of amides is 1. The van der Waals surface area contributed by atoms with Crippen molar-refractivity contribution in [2.45, 2.75) is 13.0 Å². The molecule has 1 aliphatic heterocycles. The predicted molar refractivity (Wildman–Crippen MR) is 136 cm³/mol. The van der Waals surface area contributed by atoms with E-state index in [1.165, 1.54) is 16.2 Å². The molecule has 0 aliphatic carbocycles. The van der Waals surface area contributed by atoms with Crippen LogP contribution in [-0.4, -0.2) is 28.9 Å². The Hall–Kier alpha value is -3.49. The van der Waals surface area contributed by atoms with Gasteiger partial charge in [0.15, 0.2) is 5.13 Å². The summed E-state index contributed by atoms with van der Waals surface area (Å²) in [6.45, 7) is 1.99. The molecule has 1 fully saturated rings. The largest absolute Gasteiger partial charge is 0.507 e. The van der Waals surface area contributed by atoms with Gasteiger partial charge in [0.2, 0.25) is 0 Å². The number of rotatable bonds is 4. The van der Waals surface area contributed by atoms with Crippen LogP contribution in [0.3, 0.4) is 0 Å². The van der Waals surface area contributed by atoms with E-state index < -0.39 is 17.7 Å². The number of nitrogens with zero attached hydrogens (tertiary/aromatic N) is 2. The molecule has 8 heteroatoms. The van der Waals surface area contributed by atoms with E-state index in [9.17, 15) is 14.7 Å². The number of aryl methyl sites for hydroxylation is 1. The van der Waals surface area contributed by atoms with Crippen LogP contribution >= 0.6 is 27.3 Å². The van der Waals surface area contributed by atoms with E-state index in [4.69, 9.17) is 4.74 Å². The zero-order valence-corrected chi connectivity index (χ0v) is 20.7. The van der Waals surface area contributed by atoms with Gasteiger partial charge in [-0.25, -0.2) is 4.98 Å². The minimum Gasteiger partial charge on any atom is -0.507 e. The lowest BCUT2D eigenvalue weighted by Gasteiger charge is -2.23. The Morgan fingerprint density at radius 3 is 2.44 bits per heavy atom. The summed E-state index contributed by atoms with van der Waals surface area (Å²) < 4.78 is 6.97. The lowest BCUT2D eigenvalue weighted by atomic mass is 9.95. The highest BCUT2D eigenvalue weighted by atomic mass is 79.9. The van der Waals surface area contributed by atoms with Gasteiger partial charge >= 0.3 is 5.91 Å². The maximum absolute atomic E-state index is 13.3. The van der Waals surface area contributed by atoms with E-state index in [1.54, 1.807) is 31.4 Å². The zero-order valence-electron chi connectivity index (χ0n) is 18.3. The SMILES string of the molecule is COc1ccc(/C(O)=C2\C(=O)C(=O)N(c3nc4ccc(C)cc4s3)C2c2ccc(Br)cc2)cc1. The summed E-state index contributed by atoms with van der Waals surface area (Å²) in [5.74, 6) is -1.10. The molecule has 0 radical (unpaired) electrons. The van der Waals surface area contributed by atoms with Crippen molar-refractivity contribution >= 4 is 60.1 Å². The van der Waals surface area contributed by atoms with E-state index in [-0.39, 0.29) is 11.3 Å². The van der Waals surface area contributed by atoms with Crippen molar-refractivity contribution in [3.8, 4) is 5.75 Å². The Balaban J connectivity index is 1.71. The molecule has 34 heavy (non-hydrogen) atoms. The molecule has 170 valence electrons. The summed E-state index contributed by atoms with van der Waals surface area (Å²) in [4.78, 5) is 32.6. The number of aliphatic hydroxyl groups excluding tert-OH is 1. The summed E-state index contributed by atoms with van der Waals surface area (Å²) in [6.07, 6.45) is 0. The van der Waals surface area contributed by atoms with Crippen LogP contribution in [-0.2, 0) is 9.59 Å². The number of methoxy groups -OCH3 is 1. The minimum absolute atomic E-state index is 0.0212. The number of anilines is 1. The third-order valence-corrected chi connectivity index (χ3v) is 7.28. The fourth-order valence-electron chi connectivity index (χ4n) is 4.02. The van der Waals surface area contributed by atoms with Crippen LogP contribution in [0.2, 0.25) is 0 Å². The molecule has 0 spiro atoms. The molecule has 0 bridgehead atoms. The number of halogens is 1. The van der Waals surface area contributed by atoms with Crippen molar-refractivity contribution in [1.82, 2.24) is 4.98 Å². The van der Waals surface area contributed by atoms with Gasteiger partial charge in [0, 0.05) is 10.0 Å². The molecule has 1 aliphatic rings. The predicted octanol–water partition coefficient (Wildman–Crippen LogP) is 6.00.